The molecule has 2 amide bonds. The van der Waals surface area contributed by atoms with Crippen molar-refractivity contribution in [2.45, 2.75) is 13.0 Å². The second-order valence-corrected chi connectivity index (χ2v) is 7.18. The Kier molecular flexibility index (Phi) is 6.53. The maximum absolute atomic E-state index is 12.5. The first-order valence-corrected chi connectivity index (χ1v) is 9.48. The Labute approximate surface area is 172 Å². The SMILES string of the molecule is CN(C)CCCNC(=O)c1ccc2oc(=O)n(Cc3cccc(NC(=O)O)c3)c2c1. The van der Waals surface area contributed by atoms with Crippen molar-refractivity contribution in [3.63, 3.8) is 0 Å². The Morgan fingerprint density at radius 3 is 2.70 bits per heavy atom. The van der Waals surface area contributed by atoms with Gasteiger partial charge in [-0.3, -0.25) is 14.7 Å². The van der Waals surface area contributed by atoms with Gasteiger partial charge in [-0.15, -0.1) is 0 Å². The predicted molar refractivity (Wildman–Crippen MR) is 113 cm³/mol. The van der Waals surface area contributed by atoms with E-state index in [1.807, 2.05) is 19.0 Å². The largest absolute Gasteiger partial charge is 0.465 e. The molecular formula is C21H24N4O5. The fourth-order valence-corrected chi connectivity index (χ4v) is 3.11. The zero-order valence-electron chi connectivity index (χ0n) is 16.8. The highest BCUT2D eigenvalue weighted by Gasteiger charge is 2.14. The third kappa shape index (κ3) is 5.26. The molecule has 3 N–H and O–H groups in total. The molecule has 9 nitrogen and oxygen atoms in total. The molecule has 1 aromatic heterocycles. The van der Waals surface area contributed by atoms with Gasteiger partial charge in [0.2, 0.25) is 0 Å². The summed E-state index contributed by atoms with van der Waals surface area (Å²) < 4.78 is 6.70. The van der Waals surface area contributed by atoms with Gasteiger partial charge in [0, 0.05) is 17.8 Å². The van der Waals surface area contributed by atoms with Crippen LogP contribution in [0.1, 0.15) is 22.3 Å². The summed E-state index contributed by atoms with van der Waals surface area (Å²) in [6.45, 7) is 1.60. The van der Waals surface area contributed by atoms with Crippen LogP contribution in [0, 0.1) is 0 Å². The van der Waals surface area contributed by atoms with Crippen molar-refractivity contribution in [2.24, 2.45) is 0 Å². The highest BCUT2D eigenvalue weighted by molar-refractivity contribution is 5.97. The molecule has 0 saturated carbocycles. The number of carbonyl (C=O) groups is 2. The van der Waals surface area contributed by atoms with E-state index in [9.17, 15) is 14.4 Å². The molecule has 3 rings (SSSR count). The number of nitrogens with zero attached hydrogens (tertiary/aromatic N) is 2. The van der Waals surface area contributed by atoms with E-state index in [-0.39, 0.29) is 12.5 Å². The van der Waals surface area contributed by atoms with Crippen LogP contribution in [0.4, 0.5) is 10.5 Å². The first-order chi connectivity index (χ1) is 14.3. The fraction of sp³-hybridized carbons (Fsp3) is 0.286. The van der Waals surface area contributed by atoms with Crippen LogP contribution in [0.3, 0.4) is 0 Å². The summed E-state index contributed by atoms with van der Waals surface area (Å²) in [4.78, 5) is 37.7. The van der Waals surface area contributed by atoms with Crippen LogP contribution in [0.15, 0.2) is 51.7 Å². The molecule has 0 aliphatic carbocycles. The Bertz CT molecular complexity index is 1120. The number of amides is 2. The van der Waals surface area contributed by atoms with Crippen molar-refractivity contribution in [2.75, 3.05) is 32.5 Å². The summed E-state index contributed by atoms with van der Waals surface area (Å²) in [5.41, 5.74) is 2.42. The van der Waals surface area contributed by atoms with Crippen molar-refractivity contribution >= 4 is 28.8 Å². The van der Waals surface area contributed by atoms with E-state index < -0.39 is 11.8 Å². The summed E-state index contributed by atoms with van der Waals surface area (Å²) in [6, 6.07) is 11.6. The number of hydrogen-bond donors (Lipinski definition) is 3. The van der Waals surface area contributed by atoms with E-state index in [0.29, 0.717) is 34.5 Å². The molecule has 0 bridgehead atoms. The van der Waals surface area contributed by atoms with Crippen LogP contribution in [-0.4, -0.2) is 53.8 Å². The molecule has 0 fully saturated rings. The minimum absolute atomic E-state index is 0.175. The number of carbonyl (C=O) groups excluding carboxylic acids is 1. The molecule has 0 aliphatic rings. The molecule has 0 atom stereocenters. The van der Waals surface area contributed by atoms with E-state index in [2.05, 4.69) is 10.6 Å². The lowest BCUT2D eigenvalue weighted by Gasteiger charge is -2.10. The molecule has 1 heterocycles. The number of benzene rings is 2. The molecule has 3 aromatic rings. The van der Waals surface area contributed by atoms with Gasteiger partial charge in [-0.2, -0.15) is 0 Å². The van der Waals surface area contributed by atoms with Gasteiger partial charge in [0.05, 0.1) is 12.1 Å². The van der Waals surface area contributed by atoms with Crippen molar-refractivity contribution < 1.29 is 19.1 Å². The highest BCUT2D eigenvalue weighted by atomic mass is 16.4. The fourth-order valence-electron chi connectivity index (χ4n) is 3.11. The Morgan fingerprint density at radius 2 is 1.97 bits per heavy atom. The van der Waals surface area contributed by atoms with Gasteiger partial charge in [0.25, 0.3) is 5.91 Å². The number of rotatable bonds is 8. The van der Waals surface area contributed by atoms with Crippen LogP contribution in [0.5, 0.6) is 0 Å². The van der Waals surface area contributed by atoms with Crippen molar-refractivity contribution in [1.29, 1.82) is 0 Å². The van der Waals surface area contributed by atoms with Crippen LogP contribution < -0.4 is 16.4 Å². The second-order valence-electron chi connectivity index (χ2n) is 7.18. The van der Waals surface area contributed by atoms with Gasteiger partial charge in [-0.05, 0) is 63.0 Å². The minimum atomic E-state index is -1.17. The van der Waals surface area contributed by atoms with Crippen molar-refractivity contribution in [3.8, 4) is 0 Å². The molecule has 0 aliphatic heterocycles. The Hall–Kier alpha value is -3.59. The summed E-state index contributed by atoms with van der Waals surface area (Å²) >= 11 is 0. The quantitative estimate of drug-likeness (QED) is 0.489. The molecule has 2 aromatic carbocycles. The summed E-state index contributed by atoms with van der Waals surface area (Å²) in [7, 11) is 3.95. The average molecular weight is 412 g/mol. The van der Waals surface area contributed by atoms with Gasteiger partial charge < -0.3 is 19.7 Å². The molecule has 0 radical (unpaired) electrons. The lowest BCUT2D eigenvalue weighted by atomic mass is 10.1. The Balaban J connectivity index is 1.81. The second kappa shape index (κ2) is 9.27. The predicted octanol–water partition coefficient (Wildman–Crippen LogP) is 2.41. The average Bonchev–Trinajstić information content (AvgIpc) is 2.99. The van der Waals surface area contributed by atoms with E-state index in [0.717, 1.165) is 13.0 Å². The number of carboxylic acid groups (broad SMARTS) is 1. The van der Waals surface area contributed by atoms with Gasteiger partial charge in [-0.1, -0.05) is 12.1 Å². The zero-order valence-corrected chi connectivity index (χ0v) is 16.8. The highest BCUT2D eigenvalue weighted by Crippen LogP contribution is 2.18. The van der Waals surface area contributed by atoms with Crippen LogP contribution in [-0.2, 0) is 6.54 Å². The van der Waals surface area contributed by atoms with Crippen LogP contribution >= 0.6 is 0 Å². The Morgan fingerprint density at radius 1 is 1.17 bits per heavy atom. The van der Waals surface area contributed by atoms with Gasteiger partial charge >= 0.3 is 11.8 Å². The monoisotopic (exact) mass is 412 g/mol. The zero-order chi connectivity index (χ0) is 21.7. The maximum Gasteiger partial charge on any atom is 0.420 e. The number of oxazole rings is 1. The smallest absolute Gasteiger partial charge is 0.420 e. The number of nitrogens with one attached hydrogen (secondary N) is 2. The molecule has 30 heavy (non-hydrogen) atoms. The molecule has 0 unspecified atom stereocenters. The standard InChI is InChI=1S/C21H24N4O5/c1-24(2)10-4-9-22-19(26)15-7-8-18-17(12-15)25(21(29)30-18)13-14-5-3-6-16(11-14)23-20(27)28/h3,5-8,11-12,23H,4,9-10,13H2,1-2H3,(H,22,26)(H,27,28). The number of anilines is 1. The van der Waals surface area contributed by atoms with Crippen LogP contribution in [0.25, 0.3) is 11.1 Å². The molecule has 9 heteroatoms. The molecular weight excluding hydrogens is 388 g/mol. The molecule has 158 valence electrons. The normalized spacial score (nSPS) is 11.0. The van der Waals surface area contributed by atoms with Crippen molar-refractivity contribution in [1.82, 2.24) is 14.8 Å². The first kappa shape index (κ1) is 21.1. The van der Waals surface area contributed by atoms with E-state index in [1.54, 1.807) is 42.5 Å². The van der Waals surface area contributed by atoms with Crippen molar-refractivity contribution in [3.05, 3.63) is 64.1 Å². The lowest BCUT2D eigenvalue weighted by Crippen LogP contribution is -2.27. The lowest BCUT2D eigenvalue weighted by molar-refractivity contribution is 0.0952. The topological polar surface area (TPSA) is 117 Å². The van der Waals surface area contributed by atoms with E-state index in [1.165, 1.54) is 4.57 Å². The summed E-state index contributed by atoms with van der Waals surface area (Å²) in [6.07, 6.45) is -0.336. The minimum Gasteiger partial charge on any atom is -0.465 e. The van der Waals surface area contributed by atoms with E-state index in [4.69, 9.17) is 9.52 Å². The number of fused-ring (bicyclic) bond motifs is 1. The summed E-state index contributed by atoms with van der Waals surface area (Å²) in [5, 5.41) is 14.0. The van der Waals surface area contributed by atoms with E-state index >= 15 is 0 Å². The number of hydrogen-bond acceptors (Lipinski definition) is 5. The summed E-state index contributed by atoms with van der Waals surface area (Å²) in [5.74, 6) is -0.770. The first-order valence-electron chi connectivity index (χ1n) is 9.48. The van der Waals surface area contributed by atoms with Gasteiger partial charge in [0.15, 0.2) is 5.58 Å². The number of aromatic nitrogens is 1. The third-order valence-electron chi connectivity index (χ3n) is 4.52. The molecule has 0 spiro atoms. The van der Waals surface area contributed by atoms with Crippen LogP contribution in [0.2, 0.25) is 0 Å². The maximum atomic E-state index is 12.5. The van der Waals surface area contributed by atoms with Gasteiger partial charge in [0.1, 0.15) is 0 Å². The third-order valence-corrected chi connectivity index (χ3v) is 4.52. The van der Waals surface area contributed by atoms with Gasteiger partial charge in [-0.25, -0.2) is 9.59 Å². The molecule has 0 saturated heterocycles.